The highest BCUT2D eigenvalue weighted by molar-refractivity contribution is 9.10. The molecule has 6 heteroatoms. The van der Waals surface area contributed by atoms with Crippen LogP contribution in [0.4, 0.5) is 16.2 Å². The molecule has 0 fully saturated rings. The van der Waals surface area contributed by atoms with Crippen LogP contribution in [0.5, 0.6) is 0 Å². The topological polar surface area (TPSA) is 49.8 Å². The summed E-state index contributed by atoms with van der Waals surface area (Å²) < 4.78 is 14.5. The van der Waals surface area contributed by atoms with Crippen molar-refractivity contribution in [2.24, 2.45) is 0 Å². The number of hydrogen-bond acceptors (Lipinski definition) is 4. The van der Waals surface area contributed by atoms with Crippen molar-refractivity contribution in [3.63, 3.8) is 0 Å². The van der Waals surface area contributed by atoms with Crippen molar-refractivity contribution in [1.82, 2.24) is 9.97 Å². The molecule has 0 radical (unpaired) electrons. The summed E-state index contributed by atoms with van der Waals surface area (Å²) in [5, 5.41) is 6.34. The van der Waals surface area contributed by atoms with Crippen molar-refractivity contribution in [1.29, 1.82) is 0 Å². The number of aromatic nitrogens is 2. The van der Waals surface area contributed by atoms with E-state index in [0.29, 0.717) is 17.3 Å². The summed E-state index contributed by atoms with van der Waals surface area (Å²) in [6.07, 6.45) is 2.68. The fourth-order valence-corrected chi connectivity index (χ4v) is 2.20. The lowest BCUT2D eigenvalue weighted by Gasteiger charge is -2.17. The first-order valence-electron chi connectivity index (χ1n) is 6.89. The van der Waals surface area contributed by atoms with E-state index in [1.807, 2.05) is 13.0 Å². The number of nitrogens with zero attached hydrogens (tertiary/aromatic N) is 2. The van der Waals surface area contributed by atoms with Crippen molar-refractivity contribution in [2.75, 3.05) is 17.2 Å². The number of anilines is 2. The summed E-state index contributed by atoms with van der Waals surface area (Å²) in [4.78, 5) is 8.59. The monoisotopic (exact) mass is 352 g/mol. The van der Waals surface area contributed by atoms with Crippen molar-refractivity contribution in [2.45, 2.75) is 26.3 Å². The van der Waals surface area contributed by atoms with E-state index in [0.717, 1.165) is 17.4 Å². The Hall–Kier alpha value is -1.69. The lowest BCUT2D eigenvalue weighted by atomic mass is 10.1. The zero-order valence-corrected chi connectivity index (χ0v) is 13.6. The van der Waals surface area contributed by atoms with Crippen LogP contribution >= 0.6 is 15.9 Å². The highest BCUT2D eigenvalue weighted by Crippen LogP contribution is 2.26. The first-order valence-corrected chi connectivity index (χ1v) is 7.68. The van der Waals surface area contributed by atoms with Gasteiger partial charge in [-0.15, -0.1) is 0 Å². The summed E-state index contributed by atoms with van der Waals surface area (Å²) in [5.41, 5.74) is 0.603. The molecule has 1 heterocycles. The Labute approximate surface area is 132 Å². The normalized spacial score (nSPS) is 12.0. The van der Waals surface area contributed by atoms with Gasteiger partial charge in [-0.25, -0.2) is 9.37 Å². The molecule has 0 aliphatic carbocycles. The molecule has 1 unspecified atom stereocenters. The second-order valence-electron chi connectivity index (χ2n) is 4.70. The van der Waals surface area contributed by atoms with E-state index in [2.05, 4.69) is 43.5 Å². The van der Waals surface area contributed by atoms with Gasteiger partial charge in [-0.1, -0.05) is 25.1 Å². The van der Waals surface area contributed by atoms with Crippen LogP contribution in [0.2, 0.25) is 0 Å². The van der Waals surface area contributed by atoms with Gasteiger partial charge in [0.15, 0.2) is 0 Å². The molecule has 0 spiro atoms. The average Bonchev–Trinajstić information content (AvgIpc) is 2.48. The molecule has 112 valence electrons. The Kier molecular flexibility index (Phi) is 5.50. The van der Waals surface area contributed by atoms with Crippen molar-refractivity contribution >= 4 is 27.7 Å². The first kappa shape index (κ1) is 15.7. The number of rotatable bonds is 6. The van der Waals surface area contributed by atoms with E-state index in [4.69, 9.17) is 0 Å². The maximum absolute atomic E-state index is 13.8. The van der Waals surface area contributed by atoms with E-state index < -0.39 is 0 Å². The molecule has 1 aromatic heterocycles. The van der Waals surface area contributed by atoms with Gasteiger partial charge in [0, 0.05) is 18.3 Å². The van der Waals surface area contributed by atoms with Gasteiger partial charge in [-0.2, -0.15) is 4.98 Å². The zero-order valence-electron chi connectivity index (χ0n) is 12.0. The highest BCUT2D eigenvalue weighted by Gasteiger charge is 2.13. The Morgan fingerprint density at radius 1 is 1.33 bits per heavy atom. The van der Waals surface area contributed by atoms with E-state index >= 15 is 0 Å². The summed E-state index contributed by atoms with van der Waals surface area (Å²) in [6, 6.07) is 6.52. The second kappa shape index (κ2) is 7.36. The Morgan fingerprint density at radius 3 is 2.81 bits per heavy atom. The third-order valence-corrected chi connectivity index (χ3v) is 3.58. The van der Waals surface area contributed by atoms with Gasteiger partial charge in [-0.3, -0.25) is 0 Å². The standard InChI is InChI=1S/C15H18BrFN4/c1-3-8-18-15-19-9-12(16)14(21-15)20-10(2)11-6-4-5-7-13(11)17/h4-7,9-10H,3,8H2,1-2H3,(H2,18,19,20,21). The quantitative estimate of drug-likeness (QED) is 0.810. The van der Waals surface area contributed by atoms with E-state index in [1.165, 1.54) is 6.07 Å². The van der Waals surface area contributed by atoms with Crippen LogP contribution in [0.25, 0.3) is 0 Å². The number of halogens is 2. The third kappa shape index (κ3) is 4.14. The summed E-state index contributed by atoms with van der Waals surface area (Å²) in [5.74, 6) is 0.967. The predicted molar refractivity (Wildman–Crippen MR) is 87.0 cm³/mol. The zero-order chi connectivity index (χ0) is 15.2. The van der Waals surface area contributed by atoms with E-state index in [-0.39, 0.29) is 11.9 Å². The van der Waals surface area contributed by atoms with Crippen molar-refractivity contribution in [3.05, 3.63) is 46.3 Å². The van der Waals surface area contributed by atoms with Gasteiger partial charge >= 0.3 is 0 Å². The molecule has 0 aliphatic rings. The van der Waals surface area contributed by atoms with Crippen molar-refractivity contribution < 1.29 is 4.39 Å². The van der Waals surface area contributed by atoms with Crippen molar-refractivity contribution in [3.8, 4) is 0 Å². The van der Waals surface area contributed by atoms with Gasteiger partial charge in [0.05, 0.1) is 10.5 Å². The molecule has 21 heavy (non-hydrogen) atoms. The maximum atomic E-state index is 13.8. The SMILES string of the molecule is CCCNc1ncc(Br)c(NC(C)c2ccccc2F)n1. The minimum Gasteiger partial charge on any atom is -0.362 e. The van der Waals surface area contributed by atoms with E-state index in [9.17, 15) is 4.39 Å². The van der Waals surface area contributed by atoms with Crippen LogP contribution in [-0.2, 0) is 0 Å². The number of benzene rings is 1. The molecular weight excluding hydrogens is 335 g/mol. The number of hydrogen-bond donors (Lipinski definition) is 2. The van der Waals surface area contributed by atoms with E-state index in [1.54, 1.807) is 18.3 Å². The lowest BCUT2D eigenvalue weighted by Crippen LogP contribution is -2.12. The molecule has 0 aliphatic heterocycles. The van der Waals surface area contributed by atoms with Crippen LogP contribution in [0.3, 0.4) is 0 Å². The molecule has 4 nitrogen and oxygen atoms in total. The van der Waals surface area contributed by atoms with Gasteiger partial charge in [0.1, 0.15) is 11.6 Å². The maximum Gasteiger partial charge on any atom is 0.224 e. The molecule has 2 rings (SSSR count). The Bertz CT molecular complexity index is 606. The highest BCUT2D eigenvalue weighted by atomic mass is 79.9. The molecule has 2 aromatic rings. The van der Waals surface area contributed by atoms with Gasteiger partial charge in [0.25, 0.3) is 0 Å². The largest absolute Gasteiger partial charge is 0.362 e. The Balaban J connectivity index is 2.16. The van der Waals surface area contributed by atoms with Crippen LogP contribution in [0.1, 0.15) is 31.9 Å². The fraction of sp³-hybridized carbons (Fsp3) is 0.333. The summed E-state index contributed by atoms with van der Waals surface area (Å²) >= 11 is 3.41. The molecular formula is C15H18BrFN4. The molecule has 0 saturated heterocycles. The summed E-state index contributed by atoms with van der Waals surface area (Å²) in [6.45, 7) is 4.78. The molecule has 0 bridgehead atoms. The Morgan fingerprint density at radius 2 is 2.10 bits per heavy atom. The lowest BCUT2D eigenvalue weighted by molar-refractivity contribution is 0.600. The van der Waals surface area contributed by atoms with Gasteiger partial charge in [-0.05, 0) is 35.3 Å². The second-order valence-corrected chi connectivity index (χ2v) is 5.56. The average molecular weight is 353 g/mol. The van der Waals surface area contributed by atoms with Crippen LogP contribution in [0, 0.1) is 5.82 Å². The number of nitrogens with one attached hydrogen (secondary N) is 2. The smallest absolute Gasteiger partial charge is 0.224 e. The molecule has 1 atom stereocenters. The minimum absolute atomic E-state index is 0.198. The third-order valence-electron chi connectivity index (χ3n) is 3.00. The minimum atomic E-state index is -0.230. The van der Waals surface area contributed by atoms with Gasteiger partial charge < -0.3 is 10.6 Å². The van der Waals surface area contributed by atoms with Crippen LogP contribution in [0.15, 0.2) is 34.9 Å². The molecule has 2 N–H and O–H groups in total. The molecule has 0 saturated carbocycles. The fourth-order valence-electron chi connectivity index (χ4n) is 1.90. The molecule has 1 aromatic carbocycles. The molecule has 0 amide bonds. The van der Waals surface area contributed by atoms with Gasteiger partial charge in [0.2, 0.25) is 5.95 Å². The predicted octanol–water partition coefficient (Wildman–Crippen LogP) is 4.37. The first-order chi connectivity index (χ1) is 10.1. The summed E-state index contributed by atoms with van der Waals surface area (Å²) in [7, 11) is 0. The van der Waals surface area contributed by atoms with Crippen LogP contribution < -0.4 is 10.6 Å². The van der Waals surface area contributed by atoms with Crippen LogP contribution in [-0.4, -0.2) is 16.5 Å².